The topological polar surface area (TPSA) is 78.4 Å². The Labute approximate surface area is 182 Å². The van der Waals surface area contributed by atoms with Gasteiger partial charge in [0.15, 0.2) is 0 Å². The van der Waals surface area contributed by atoms with E-state index in [1.807, 2.05) is 25.1 Å². The van der Waals surface area contributed by atoms with Crippen LogP contribution in [0, 0.1) is 25.1 Å². The molecule has 1 spiro atoms. The predicted molar refractivity (Wildman–Crippen MR) is 118 cm³/mol. The molecule has 6 heteroatoms. The zero-order valence-electron chi connectivity index (χ0n) is 18.5. The molecule has 1 fully saturated rings. The largest absolute Gasteiger partial charge is 0.480 e. The molecular formula is C25H29FN2O3. The molecule has 0 bridgehead atoms. The SMILES string of the molecule is Cc1ccc2c(c1)NC(=O)[C@@]21C(c2cccc(C)c2F)[C@H](C(=O)O)N[C@@H]1CC(C)(C)C. The van der Waals surface area contributed by atoms with Crippen LogP contribution in [0.2, 0.25) is 0 Å². The van der Waals surface area contributed by atoms with Crippen molar-refractivity contribution in [1.82, 2.24) is 5.32 Å². The number of amides is 1. The lowest BCUT2D eigenvalue weighted by molar-refractivity contribution is -0.139. The molecule has 3 N–H and O–H groups in total. The summed E-state index contributed by atoms with van der Waals surface area (Å²) in [6.45, 7) is 9.77. The molecule has 164 valence electrons. The fraction of sp³-hybridized carbons (Fsp3) is 0.440. The van der Waals surface area contributed by atoms with Gasteiger partial charge >= 0.3 is 5.97 Å². The number of carboxylic acids is 1. The number of aliphatic carboxylic acids is 1. The Morgan fingerprint density at radius 2 is 1.90 bits per heavy atom. The average molecular weight is 425 g/mol. The molecule has 1 saturated heterocycles. The lowest BCUT2D eigenvalue weighted by Gasteiger charge is -2.37. The first kappa shape index (κ1) is 21.5. The summed E-state index contributed by atoms with van der Waals surface area (Å²) >= 11 is 0. The summed E-state index contributed by atoms with van der Waals surface area (Å²) in [5, 5.41) is 16.3. The minimum absolute atomic E-state index is 0.179. The van der Waals surface area contributed by atoms with Gasteiger partial charge in [0.1, 0.15) is 17.3 Å². The summed E-state index contributed by atoms with van der Waals surface area (Å²) in [4.78, 5) is 26.1. The summed E-state index contributed by atoms with van der Waals surface area (Å²) in [7, 11) is 0. The molecule has 5 nitrogen and oxygen atoms in total. The number of fused-ring (bicyclic) bond motifs is 2. The van der Waals surface area contributed by atoms with Crippen LogP contribution >= 0.6 is 0 Å². The fourth-order valence-electron chi connectivity index (χ4n) is 5.43. The van der Waals surface area contributed by atoms with Gasteiger partial charge in [-0.1, -0.05) is 51.1 Å². The van der Waals surface area contributed by atoms with Gasteiger partial charge in [-0.3, -0.25) is 14.9 Å². The van der Waals surface area contributed by atoms with Crippen molar-refractivity contribution >= 4 is 17.6 Å². The highest BCUT2D eigenvalue weighted by Gasteiger charge is 2.66. The van der Waals surface area contributed by atoms with Gasteiger partial charge in [0.05, 0.1) is 0 Å². The van der Waals surface area contributed by atoms with Crippen LogP contribution in [0.1, 0.15) is 55.4 Å². The second-order valence-electron chi connectivity index (χ2n) is 10.1. The van der Waals surface area contributed by atoms with Crippen LogP contribution in [-0.2, 0) is 15.0 Å². The summed E-state index contributed by atoms with van der Waals surface area (Å²) in [5.41, 5.74) is 1.69. The second-order valence-corrected chi connectivity index (χ2v) is 10.1. The van der Waals surface area contributed by atoms with Gasteiger partial charge in [0, 0.05) is 17.6 Å². The number of nitrogens with one attached hydrogen (secondary N) is 2. The van der Waals surface area contributed by atoms with Crippen LogP contribution in [0.3, 0.4) is 0 Å². The molecular weight excluding hydrogens is 395 g/mol. The number of benzene rings is 2. The van der Waals surface area contributed by atoms with Crippen LogP contribution in [0.4, 0.5) is 10.1 Å². The maximum absolute atomic E-state index is 15.4. The van der Waals surface area contributed by atoms with Crippen LogP contribution in [0.25, 0.3) is 0 Å². The van der Waals surface area contributed by atoms with Crippen molar-refractivity contribution in [1.29, 1.82) is 0 Å². The van der Waals surface area contributed by atoms with E-state index in [2.05, 4.69) is 31.4 Å². The van der Waals surface area contributed by atoms with Crippen molar-refractivity contribution in [3.63, 3.8) is 0 Å². The predicted octanol–water partition coefficient (Wildman–Crippen LogP) is 4.28. The number of anilines is 1. The molecule has 2 aliphatic rings. The van der Waals surface area contributed by atoms with Gasteiger partial charge in [-0.15, -0.1) is 0 Å². The number of carboxylic acid groups (broad SMARTS) is 1. The highest BCUT2D eigenvalue weighted by atomic mass is 19.1. The minimum atomic E-state index is -1.23. The third kappa shape index (κ3) is 3.24. The Kier molecular flexibility index (Phi) is 4.97. The first-order valence-corrected chi connectivity index (χ1v) is 10.6. The highest BCUT2D eigenvalue weighted by Crippen LogP contribution is 2.56. The second kappa shape index (κ2) is 7.16. The smallest absolute Gasteiger partial charge is 0.321 e. The molecule has 0 aromatic heterocycles. The quantitative estimate of drug-likeness (QED) is 0.687. The molecule has 4 atom stereocenters. The van der Waals surface area contributed by atoms with E-state index >= 15 is 4.39 Å². The van der Waals surface area contributed by atoms with E-state index in [-0.39, 0.29) is 16.9 Å². The summed E-state index contributed by atoms with van der Waals surface area (Å²) < 4.78 is 15.4. The Morgan fingerprint density at radius 3 is 2.55 bits per heavy atom. The Balaban J connectivity index is 2.04. The van der Waals surface area contributed by atoms with Crippen molar-refractivity contribution in [2.45, 2.75) is 64.5 Å². The van der Waals surface area contributed by atoms with Crippen LogP contribution in [0.5, 0.6) is 0 Å². The molecule has 2 heterocycles. The van der Waals surface area contributed by atoms with E-state index in [1.165, 1.54) is 0 Å². The number of aryl methyl sites for hydroxylation is 2. The van der Waals surface area contributed by atoms with Crippen LogP contribution < -0.4 is 10.6 Å². The third-order valence-electron chi connectivity index (χ3n) is 6.64. The number of hydrogen-bond acceptors (Lipinski definition) is 3. The summed E-state index contributed by atoms with van der Waals surface area (Å²) in [6, 6.07) is 9.14. The summed E-state index contributed by atoms with van der Waals surface area (Å²) in [6.07, 6.45) is 0.557. The van der Waals surface area contributed by atoms with Gasteiger partial charge in [-0.25, -0.2) is 4.39 Å². The van der Waals surface area contributed by atoms with E-state index in [9.17, 15) is 14.7 Å². The van der Waals surface area contributed by atoms with Crippen molar-refractivity contribution in [2.24, 2.45) is 5.41 Å². The van der Waals surface area contributed by atoms with E-state index in [4.69, 9.17) is 0 Å². The van der Waals surface area contributed by atoms with Crippen molar-refractivity contribution in [3.05, 3.63) is 64.5 Å². The zero-order chi connectivity index (χ0) is 22.7. The van der Waals surface area contributed by atoms with Gasteiger partial charge in [-0.05, 0) is 54.0 Å². The van der Waals surface area contributed by atoms with Crippen molar-refractivity contribution < 1.29 is 19.1 Å². The zero-order valence-corrected chi connectivity index (χ0v) is 18.5. The first-order valence-electron chi connectivity index (χ1n) is 10.6. The maximum Gasteiger partial charge on any atom is 0.321 e. The number of carbonyl (C=O) groups excluding carboxylic acids is 1. The van der Waals surface area contributed by atoms with Gasteiger partial charge < -0.3 is 10.4 Å². The number of carbonyl (C=O) groups is 2. The minimum Gasteiger partial charge on any atom is -0.480 e. The molecule has 2 aromatic rings. The molecule has 0 radical (unpaired) electrons. The molecule has 0 aliphatic carbocycles. The molecule has 2 aliphatic heterocycles. The number of rotatable bonds is 3. The van der Waals surface area contributed by atoms with E-state index in [0.29, 0.717) is 17.7 Å². The lowest BCUT2D eigenvalue weighted by Crippen LogP contribution is -2.49. The molecule has 1 amide bonds. The Morgan fingerprint density at radius 1 is 1.19 bits per heavy atom. The molecule has 2 aromatic carbocycles. The van der Waals surface area contributed by atoms with Crippen molar-refractivity contribution in [2.75, 3.05) is 5.32 Å². The lowest BCUT2D eigenvalue weighted by atomic mass is 9.62. The summed E-state index contributed by atoms with van der Waals surface area (Å²) in [5.74, 6) is -2.70. The molecule has 4 rings (SSSR count). The van der Waals surface area contributed by atoms with Crippen LogP contribution in [0.15, 0.2) is 36.4 Å². The molecule has 31 heavy (non-hydrogen) atoms. The van der Waals surface area contributed by atoms with Gasteiger partial charge in [0.25, 0.3) is 0 Å². The van der Waals surface area contributed by atoms with E-state index in [1.54, 1.807) is 25.1 Å². The molecule has 1 unspecified atom stereocenters. The van der Waals surface area contributed by atoms with Gasteiger partial charge in [0.2, 0.25) is 5.91 Å². The van der Waals surface area contributed by atoms with Crippen LogP contribution in [-0.4, -0.2) is 29.1 Å². The number of halogens is 1. The average Bonchev–Trinajstić information content (AvgIpc) is 3.12. The van der Waals surface area contributed by atoms with Crippen molar-refractivity contribution in [3.8, 4) is 0 Å². The van der Waals surface area contributed by atoms with E-state index < -0.39 is 35.2 Å². The Bertz CT molecular complexity index is 1070. The first-order chi connectivity index (χ1) is 14.5. The third-order valence-corrected chi connectivity index (χ3v) is 6.64. The highest BCUT2D eigenvalue weighted by molar-refractivity contribution is 6.09. The standard InChI is InChI=1S/C25H29FN2O3/c1-13-9-10-16-17(11-13)27-23(31)25(16)18(12-24(3,4)5)28-21(22(29)30)19(25)15-8-6-7-14(2)20(15)26/h6-11,18-19,21,28H,12H2,1-5H3,(H,27,31)(H,29,30)/t18-,19?,21-,25+/m1/s1. The number of hydrogen-bond donors (Lipinski definition) is 3. The van der Waals surface area contributed by atoms with E-state index in [0.717, 1.165) is 11.1 Å². The normalized spacial score (nSPS) is 27.4. The Hall–Kier alpha value is -2.73. The monoisotopic (exact) mass is 424 g/mol. The maximum atomic E-state index is 15.4. The fourth-order valence-corrected chi connectivity index (χ4v) is 5.43. The molecule has 0 saturated carbocycles. The van der Waals surface area contributed by atoms with Gasteiger partial charge in [-0.2, -0.15) is 0 Å².